The van der Waals surface area contributed by atoms with Gasteiger partial charge in [-0.1, -0.05) is 13.8 Å². The number of amides is 1. The summed E-state index contributed by atoms with van der Waals surface area (Å²) in [6, 6.07) is 4.13. The van der Waals surface area contributed by atoms with Crippen LogP contribution in [-0.2, 0) is 14.8 Å². The SMILES string of the molecule is CCN(CCC(=O)O)C(=O)c1cc(S(=O)(=O)N(CC)CC)ccc1OC. The van der Waals surface area contributed by atoms with Crippen LogP contribution in [0, 0.1) is 0 Å². The van der Waals surface area contributed by atoms with Crippen molar-refractivity contribution < 1.29 is 27.9 Å². The fourth-order valence-corrected chi connectivity index (χ4v) is 4.02. The molecule has 0 atom stereocenters. The summed E-state index contributed by atoms with van der Waals surface area (Å²) in [7, 11) is -2.34. The Hall–Kier alpha value is -2.13. The van der Waals surface area contributed by atoms with E-state index in [9.17, 15) is 18.0 Å². The van der Waals surface area contributed by atoms with Gasteiger partial charge >= 0.3 is 5.97 Å². The minimum atomic E-state index is -3.73. The molecule has 1 amide bonds. The number of carboxylic acid groups (broad SMARTS) is 1. The van der Waals surface area contributed by atoms with Gasteiger partial charge in [0.1, 0.15) is 5.75 Å². The molecule has 1 aromatic carbocycles. The minimum absolute atomic E-state index is 0.000336. The maximum atomic E-state index is 12.8. The first kappa shape index (κ1) is 21.9. The molecular formula is C17H26N2O6S. The van der Waals surface area contributed by atoms with Crippen LogP contribution in [0.3, 0.4) is 0 Å². The predicted molar refractivity (Wildman–Crippen MR) is 96.9 cm³/mol. The molecule has 8 nitrogen and oxygen atoms in total. The number of nitrogens with zero attached hydrogens (tertiary/aromatic N) is 2. The van der Waals surface area contributed by atoms with Gasteiger partial charge in [0.15, 0.2) is 0 Å². The van der Waals surface area contributed by atoms with Crippen LogP contribution in [0.15, 0.2) is 23.1 Å². The molecule has 0 radical (unpaired) electrons. The van der Waals surface area contributed by atoms with Crippen molar-refractivity contribution in [3.63, 3.8) is 0 Å². The Morgan fingerprint density at radius 2 is 1.73 bits per heavy atom. The number of rotatable bonds is 10. The average molecular weight is 386 g/mol. The van der Waals surface area contributed by atoms with Gasteiger partial charge in [-0.05, 0) is 25.1 Å². The Balaban J connectivity index is 3.33. The molecule has 0 spiro atoms. The standard InChI is InChI=1S/C17H26N2O6S/c1-5-18(11-10-16(20)21)17(22)14-12-13(8-9-15(14)25-4)26(23,24)19(6-2)7-3/h8-9,12H,5-7,10-11H2,1-4H3,(H,20,21). The lowest BCUT2D eigenvalue weighted by Crippen LogP contribution is -2.34. The van der Waals surface area contributed by atoms with Gasteiger partial charge in [0.2, 0.25) is 10.0 Å². The number of aliphatic carboxylic acids is 1. The van der Waals surface area contributed by atoms with E-state index in [1.165, 1.54) is 34.5 Å². The lowest BCUT2D eigenvalue weighted by molar-refractivity contribution is -0.137. The first-order chi connectivity index (χ1) is 12.2. The van der Waals surface area contributed by atoms with E-state index in [2.05, 4.69) is 0 Å². The molecule has 0 aliphatic carbocycles. The molecule has 0 unspecified atom stereocenters. The van der Waals surface area contributed by atoms with E-state index < -0.39 is 21.9 Å². The Morgan fingerprint density at radius 1 is 1.12 bits per heavy atom. The lowest BCUT2D eigenvalue weighted by Gasteiger charge is -2.23. The summed E-state index contributed by atoms with van der Waals surface area (Å²) in [6.07, 6.45) is -0.195. The molecule has 0 saturated carbocycles. The minimum Gasteiger partial charge on any atom is -0.496 e. The van der Waals surface area contributed by atoms with Crippen LogP contribution >= 0.6 is 0 Å². The van der Waals surface area contributed by atoms with Gasteiger partial charge < -0.3 is 14.7 Å². The number of hydrogen-bond donors (Lipinski definition) is 1. The highest BCUT2D eigenvalue weighted by Crippen LogP contribution is 2.26. The molecule has 9 heteroatoms. The fourth-order valence-electron chi connectivity index (χ4n) is 2.53. The smallest absolute Gasteiger partial charge is 0.305 e. The number of sulfonamides is 1. The summed E-state index contributed by atoms with van der Waals surface area (Å²) in [5.74, 6) is -1.24. The topological polar surface area (TPSA) is 104 Å². The van der Waals surface area contributed by atoms with Crippen molar-refractivity contribution in [1.82, 2.24) is 9.21 Å². The number of methoxy groups -OCH3 is 1. The maximum Gasteiger partial charge on any atom is 0.305 e. The van der Waals surface area contributed by atoms with E-state index in [1.54, 1.807) is 20.8 Å². The first-order valence-corrected chi connectivity index (χ1v) is 9.86. The quantitative estimate of drug-likeness (QED) is 0.656. The van der Waals surface area contributed by atoms with Crippen molar-refractivity contribution in [3.8, 4) is 5.75 Å². The van der Waals surface area contributed by atoms with Crippen molar-refractivity contribution in [2.75, 3.05) is 33.3 Å². The molecule has 0 aliphatic heterocycles. The van der Waals surface area contributed by atoms with Crippen molar-refractivity contribution in [3.05, 3.63) is 23.8 Å². The fraction of sp³-hybridized carbons (Fsp3) is 0.529. The van der Waals surface area contributed by atoms with Crippen LogP contribution < -0.4 is 4.74 Å². The number of carbonyl (C=O) groups is 2. The highest BCUT2D eigenvalue weighted by atomic mass is 32.2. The van der Waals surface area contributed by atoms with E-state index in [4.69, 9.17) is 9.84 Å². The van der Waals surface area contributed by atoms with Gasteiger partial charge in [0, 0.05) is 26.2 Å². The second-order valence-corrected chi connectivity index (χ2v) is 7.42. The molecule has 146 valence electrons. The molecule has 0 saturated heterocycles. The van der Waals surface area contributed by atoms with Gasteiger partial charge in [-0.25, -0.2) is 8.42 Å². The first-order valence-electron chi connectivity index (χ1n) is 8.42. The molecule has 0 heterocycles. The van der Waals surface area contributed by atoms with Gasteiger partial charge in [-0.2, -0.15) is 4.31 Å². The summed E-state index contributed by atoms with van der Waals surface area (Å²) >= 11 is 0. The summed E-state index contributed by atoms with van der Waals surface area (Å²) in [4.78, 5) is 24.9. The lowest BCUT2D eigenvalue weighted by atomic mass is 10.1. The molecule has 0 fully saturated rings. The maximum absolute atomic E-state index is 12.8. The van der Waals surface area contributed by atoms with E-state index in [-0.39, 0.29) is 29.2 Å². The second kappa shape index (κ2) is 9.54. The predicted octanol–water partition coefficient (Wildman–Crippen LogP) is 1.66. The zero-order valence-corrected chi connectivity index (χ0v) is 16.4. The zero-order chi connectivity index (χ0) is 19.9. The van der Waals surface area contributed by atoms with Crippen LogP contribution in [0.4, 0.5) is 0 Å². The van der Waals surface area contributed by atoms with Gasteiger partial charge in [-0.15, -0.1) is 0 Å². The van der Waals surface area contributed by atoms with E-state index >= 15 is 0 Å². The molecule has 26 heavy (non-hydrogen) atoms. The zero-order valence-electron chi connectivity index (χ0n) is 15.6. The van der Waals surface area contributed by atoms with Crippen molar-refractivity contribution in [2.24, 2.45) is 0 Å². The van der Waals surface area contributed by atoms with Crippen LogP contribution in [0.1, 0.15) is 37.6 Å². The molecule has 1 aromatic rings. The molecule has 1 N–H and O–H groups in total. The average Bonchev–Trinajstić information content (AvgIpc) is 2.61. The van der Waals surface area contributed by atoms with Gasteiger partial charge in [0.05, 0.1) is 24.0 Å². The van der Waals surface area contributed by atoms with Crippen LogP contribution in [0.5, 0.6) is 5.75 Å². The van der Waals surface area contributed by atoms with Gasteiger partial charge in [0.25, 0.3) is 5.91 Å². The van der Waals surface area contributed by atoms with Crippen molar-refractivity contribution >= 4 is 21.9 Å². The van der Waals surface area contributed by atoms with E-state index in [0.717, 1.165) is 0 Å². The largest absolute Gasteiger partial charge is 0.496 e. The number of benzene rings is 1. The number of ether oxygens (including phenoxy) is 1. The second-order valence-electron chi connectivity index (χ2n) is 5.48. The Kier molecular flexibility index (Phi) is 8.04. The Bertz CT molecular complexity index is 744. The number of hydrogen-bond acceptors (Lipinski definition) is 5. The summed E-state index contributed by atoms with van der Waals surface area (Å²) in [5.41, 5.74) is 0.0907. The van der Waals surface area contributed by atoms with E-state index in [1.807, 2.05) is 0 Å². The Morgan fingerprint density at radius 3 is 2.19 bits per heavy atom. The summed E-state index contributed by atoms with van der Waals surface area (Å²) in [6.45, 7) is 6.15. The van der Waals surface area contributed by atoms with E-state index in [0.29, 0.717) is 19.6 Å². The van der Waals surface area contributed by atoms with Crippen molar-refractivity contribution in [2.45, 2.75) is 32.1 Å². The summed E-state index contributed by atoms with van der Waals surface area (Å²) in [5, 5.41) is 8.83. The third-order valence-corrected chi connectivity index (χ3v) is 6.05. The number of carboxylic acids is 1. The molecule has 1 rings (SSSR count). The van der Waals surface area contributed by atoms with Gasteiger partial charge in [-0.3, -0.25) is 9.59 Å². The number of carbonyl (C=O) groups excluding carboxylic acids is 1. The normalized spacial score (nSPS) is 11.4. The molecule has 0 aromatic heterocycles. The monoisotopic (exact) mass is 386 g/mol. The molecular weight excluding hydrogens is 360 g/mol. The Labute approximate surface area is 154 Å². The van der Waals surface area contributed by atoms with Crippen LogP contribution in [-0.4, -0.2) is 67.9 Å². The third kappa shape index (κ3) is 4.95. The summed E-state index contributed by atoms with van der Waals surface area (Å²) < 4.78 is 31.9. The molecule has 0 aliphatic rings. The third-order valence-electron chi connectivity index (χ3n) is 4.01. The van der Waals surface area contributed by atoms with Crippen molar-refractivity contribution in [1.29, 1.82) is 0 Å². The van der Waals surface area contributed by atoms with Crippen LogP contribution in [0.2, 0.25) is 0 Å². The highest BCUT2D eigenvalue weighted by Gasteiger charge is 2.26. The molecule has 0 bridgehead atoms. The highest BCUT2D eigenvalue weighted by molar-refractivity contribution is 7.89. The van der Waals surface area contributed by atoms with Crippen LogP contribution in [0.25, 0.3) is 0 Å².